The minimum Gasteiger partial charge on any atom is -0.462 e. The molecule has 3 N–H and O–H groups in total. The van der Waals surface area contributed by atoms with Gasteiger partial charge in [0.1, 0.15) is 19.3 Å². The largest absolute Gasteiger partial charge is 0.472 e. The van der Waals surface area contributed by atoms with Gasteiger partial charge in [0.05, 0.1) is 26.4 Å². The Labute approximate surface area is 530 Å². The Bertz CT molecular complexity index is 1730. The summed E-state index contributed by atoms with van der Waals surface area (Å²) in [5.74, 6) is 0.762. The van der Waals surface area contributed by atoms with Crippen LogP contribution in [-0.4, -0.2) is 96.7 Å². The Morgan fingerprint density at radius 2 is 0.483 bits per heavy atom. The molecule has 2 unspecified atom stereocenters. The van der Waals surface area contributed by atoms with Crippen molar-refractivity contribution in [3.05, 3.63) is 0 Å². The van der Waals surface area contributed by atoms with Crippen LogP contribution in [0.1, 0.15) is 331 Å². The van der Waals surface area contributed by atoms with E-state index in [2.05, 4.69) is 55.4 Å². The maximum absolute atomic E-state index is 13.0. The lowest BCUT2D eigenvalue weighted by molar-refractivity contribution is -0.161. The number of hydrogen-bond donors (Lipinski definition) is 3. The first-order chi connectivity index (χ1) is 41.6. The summed E-state index contributed by atoms with van der Waals surface area (Å²) < 4.78 is 68.1. The van der Waals surface area contributed by atoms with Crippen molar-refractivity contribution in [2.45, 2.75) is 350 Å². The molecule has 17 nitrogen and oxygen atoms in total. The summed E-state index contributed by atoms with van der Waals surface area (Å²) in [4.78, 5) is 72.4. The van der Waals surface area contributed by atoms with E-state index < -0.39 is 97.5 Å². The van der Waals surface area contributed by atoms with Crippen molar-refractivity contribution < 1.29 is 80.2 Å². The van der Waals surface area contributed by atoms with Crippen LogP contribution in [0.25, 0.3) is 0 Å². The number of phosphoric ester groups is 2. The van der Waals surface area contributed by atoms with Gasteiger partial charge in [0.25, 0.3) is 0 Å². The van der Waals surface area contributed by atoms with Gasteiger partial charge in [-0.25, -0.2) is 9.13 Å². The molecule has 0 spiro atoms. The Hall–Kier alpha value is -1.94. The summed E-state index contributed by atoms with van der Waals surface area (Å²) in [5, 5.41) is 10.6. The fourth-order valence-electron chi connectivity index (χ4n) is 10.1. The molecule has 5 atom stereocenters. The average molecular weight is 1280 g/mol. The third kappa shape index (κ3) is 62.6. The number of carbonyl (C=O) groups excluding carboxylic acids is 4. The number of ether oxygens (including phenoxy) is 4. The highest BCUT2D eigenvalue weighted by Gasteiger charge is 2.30. The second-order valence-electron chi connectivity index (χ2n) is 26.5. The van der Waals surface area contributed by atoms with Crippen molar-refractivity contribution >= 4 is 39.5 Å². The first kappa shape index (κ1) is 85.1. The predicted molar refractivity (Wildman–Crippen MR) is 349 cm³/mol. The van der Waals surface area contributed by atoms with Crippen LogP contribution in [0.2, 0.25) is 0 Å². The third-order valence-electron chi connectivity index (χ3n) is 15.6. The summed E-state index contributed by atoms with van der Waals surface area (Å²) in [7, 11) is -9.90. The zero-order valence-electron chi connectivity index (χ0n) is 56.6. The third-order valence-corrected chi connectivity index (χ3v) is 17.5. The maximum atomic E-state index is 13.0. The van der Waals surface area contributed by atoms with Crippen molar-refractivity contribution in [2.24, 2.45) is 23.7 Å². The number of rotatable bonds is 65. The number of phosphoric acid groups is 2. The molecular weight excluding hydrogens is 1150 g/mol. The molecule has 0 heterocycles. The van der Waals surface area contributed by atoms with Crippen LogP contribution in [0.4, 0.5) is 0 Å². The molecule has 0 aromatic heterocycles. The van der Waals surface area contributed by atoms with E-state index in [1.165, 1.54) is 122 Å². The number of aliphatic hydroxyl groups excluding tert-OH is 1. The van der Waals surface area contributed by atoms with Crippen molar-refractivity contribution in [1.82, 2.24) is 0 Å². The quantitative estimate of drug-likeness (QED) is 0.0222. The SMILES string of the molecule is CC(C)CCCCCCCCCCCCCCCC(=O)O[C@H](COC(=O)CCCCCCCCC(C)C)COP(=O)(O)OC[C@@H](O)COP(=O)(O)OC[C@@H](COC(=O)CCCCCCCCC(C)C)OC(=O)CCCCCCCCCCCCC(C)C. The predicted octanol–water partition coefficient (Wildman–Crippen LogP) is 18.9. The van der Waals surface area contributed by atoms with E-state index in [0.717, 1.165) is 115 Å². The zero-order chi connectivity index (χ0) is 64.7. The molecule has 516 valence electrons. The lowest BCUT2D eigenvalue weighted by atomic mass is 10.0. The molecule has 0 bridgehead atoms. The summed E-state index contributed by atoms with van der Waals surface area (Å²) in [6.45, 7) is 14.0. The monoisotopic (exact) mass is 1280 g/mol. The number of aliphatic hydroxyl groups is 1. The van der Waals surface area contributed by atoms with E-state index in [1.54, 1.807) is 0 Å². The highest BCUT2D eigenvalue weighted by molar-refractivity contribution is 7.47. The fourth-order valence-corrected chi connectivity index (χ4v) is 11.7. The first-order valence-electron chi connectivity index (χ1n) is 35.2. The second kappa shape index (κ2) is 57.9. The van der Waals surface area contributed by atoms with Crippen molar-refractivity contribution in [1.29, 1.82) is 0 Å². The topological polar surface area (TPSA) is 237 Å². The fraction of sp³-hybridized carbons (Fsp3) is 0.941. The van der Waals surface area contributed by atoms with E-state index in [4.69, 9.17) is 37.0 Å². The van der Waals surface area contributed by atoms with E-state index in [-0.39, 0.29) is 25.7 Å². The molecule has 0 saturated carbocycles. The van der Waals surface area contributed by atoms with Gasteiger partial charge in [-0.15, -0.1) is 0 Å². The highest BCUT2D eigenvalue weighted by Crippen LogP contribution is 2.45. The lowest BCUT2D eigenvalue weighted by Crippen LogP contribution is -2.30. The Balaban J connectivity index is 5.22. The smallest absolute Gasteiger partial charge is 0.462 e. The van der Waals surface area contributed by atoms with Crippen LogP contribution >= 0.6 is 15.6 Å². The molecule has 0 radical (unpaired) electrons. The maximum Gasteiger partial charge on any atom is 0.472 e. The summed E-state index contributed by atoms with van der Waals surface area (Å²) >= 11 is 0. The zero-order valence-corrected chi connectivity index (χ0v) is 58.4. The molecule has 0 aliphatic heterocycles. The lowest BCUT2D eigenvalue weighted by Gasteiger charge is -2.21. The molecule has 0 rings (SSSR count). The van der Waals surface area contributed by atoms with Gasteiger partial charge in [-0.1, -0.05) is 280 Å². The first-order valence-corrected chi connectivity index (χ1v) is 38.2. The molecule has 0 aliphatic carbocycles. The molecule has 0 saturated heterocycles. The molecule has 0 aliphatic rings. The molecule has 0 amide bonds. The van der Waals surface area contributed by atoms with E-state index >= 15 is 0 Å². The van der Waals surface area contributed by atoms with E-state index in [0.29, 0.717) is 37.5 Å². The summed E-state index contributed by atoms with van der Waals surface area (Å²) in [6, 6.07) is 0. The van der Waals surface area contributed by atoms with Gasteiger partial charge in [-0.3, -0.25) is 37.3 Å². The standard InChI is InChI=1S/C68H132O17P2/c1-58(2)44-36-28-20-16-12-10-9-11-13-18-22-34-42-50-67(72)84-63(54-78-65(70)48-40-32-26-24-30-38-46-60(5)6)56-82-86(74,75)80-52-62(69)53-81-87(76,77)83-57-64(55-79-66(71)49-41-33-27-25-31-39-47-61(7)8)85-68(73)51-43-35-23-19-15-14-17-21-29-37-45-59(3)4/h58-64,69H,9-57H2,1-8H3,(H,74,75)(H,76,77)/t62-,63-,64-/m1/s1. The van der Waals surface area contributed by atoms with Crippen LogP contribution in [0.15, 0.2) is 0 Å². The Kier molecular flexibility index (Phi) is 56.6. The van der Waals surface area contributed by atoms with Crippen LogP contribution in [0, 0.1) is 23.7 Å². The molecular formula is C68H132O17P2. The van der Waals surface area contributed by atoms with Gasteiger partial charge in [0.2, 0.25) is 0 Å². The molecule has 19 heteroatoms. The van der Waals surface area contributed by atoms with Crippen LogP contribution in [-0.2, 0) is 65.4 Å². The van der Waals surface area contributed by atoms with Gasteiger partial charge in [0.15, 0.2) is 12.2 Å². The van der Waals surface area contributed by atoms with Crippen LogP contribution in [0.3, 0.4) is 0 Å². The summed E-state index contributed by atoms with van der Waals surface area (Å²) in [6.07, 6.45) is 39.2. The Morgan fingerprint density at radius 3 is 0.713 bits per heavy atom. The van der Waals surface area contributed by atoms with Gasteiger partial charge < -0.3 is 33.8 Å². The normalized spacial score (nSPS) is 14.3. The second-order valence-corrected chi connectivity index (χ2v) is 29.4. The van der Waals surface area contributed by atoms with E-state index in [9.17, 15) is 43.2 Å². The highest BCUT2D eigenvalue weighted by atomic mass is 31.2. The molecule has 0 fully saturated rings. The van der Waals surface area contributed by atoms with Crippen molar-refractivity contribution in [3.63, 3.8) is 0 Å². The average Bonchev–Trinajstić information content (AvgIpc) is 3.53. The van der Waals surface area contributed by atoms with E-state index in [1.807, 2.05) is 0 Å². The van der Waals surface area contributed by atoms with Gasteiger partial charge in [0, 0.05) is 25.7 Å². The minimum absolute atomic E-state index is 0.104. The summed E-state index contributed by atoms with van der Waals surface area (Å²) in [5.41, 5.74) is 0. The van der Waals surface area contributed by atoms with Crippen molar-refractivity contribution in [2.75, 3.05) is 39.6 Å². The minimum atomic E-state index is -4.95. The number of hydrogen-bond acceptors (Lipinski definition) is 15. The number of unbranched alkanes of at least 4 members (excludes halogenated alkanes) is 31. The molecule has 0 aromatic rings. The Morgan fingerprint density at radius 1 is 0.287 bits per heavy atom. The van der Waals surface area contributed by atoms with Gasteiger partial charge >= 0.3 is 39.5 Å². The molecule has 0 aromatic carbocycles. The van der Waals surface area contributed by atoms with Crippen LogP contribution in [0.5, 0.6) is 0 Å². The van der Waals surface area contributed by atoms with Crippen LogP contribution < -0.4 is 0 Å². The van der Waals surface area contributed by atoms with Gasteiger partial charge in [-0.05, 0) is 49.4 Å². The number of carbonyl (C=O) groups is 4. The number of esters is 4. The van der Waals surface area contributed by atoms with Crippen molar-refractivity contribution in [3.8, 4) is 0 Å². The molecule has 87 heavy (non-hydrogen) atoms. The van der Waals surface area contributed by atoms with Gasteiger partial charge in [-0.2, -0.15) is 0 Å².